The Hall–Kier alpha value is -0.830. The molecular weight excluding hydrogens is 262 g/mol. The zero-order valence-electron chi connectivity index (χ0n) is 11.0. The maximum atomic E-state index is 6.05. The minimum atomic E-state index is 0.242. The molecule has 2 rings (SSSR count). The molecule has 0 saturated heterocycles. The van der Waals surface area contributed by atoms with Crippen LogP contribution in [0.2, 0.25) is 4.34 Å². The van der Waals surface area contributed by atoms with Crippen LogP contribution in [-0.4, -0.2) is 6.54 Å². The fraction of sp³-hybridized carbons (Fsp3) is 0.333. The second kappa shape index (κ2) is 5.87. The molecule has 3 heteroatoms. The van der Waals surface area contributed by atoms with E-state index in [1.54, 1.807) is 11.3 Å². The predicted molar refractivity (Wildman–Crippen MR) is 80.8 cm³/mol. The van der Waals surface area contributed by atoms with Gasteiger partial charge >= 0.3 is 0 Å². The number of benzene rings is 1. The van der Waals surface area contributed by atoms with Crippen molar-refractivity contribution in [2.75, 3.05) is 6.54 Å². The summed E-state index contributed by atoms with van der Waals surface area (Å²) in [6.07, 6.45) is 0. The number of halogens is 1. The van der Waals surface area contributed by atoms with Gasteiger partial charge in [-0.3, -0.25) is 0 Å². The molecule has 0 aliphatic rings. The molecule has 18 heavy (non-hydrogen) atoms. The molecule has 1 aromatic carbocycles. The van der Waals surface area contributed by atoms with Gasteiger partial charge in [0, 0.05) is 4.88 Å². The first kappa shape index (κ1) is 13.6. The Morgan fingerprint density at radius 1 is 1.17 bits per heavy atom. The molecule has 0 bridgehead atoms. The molecule has 1 atom stereocenters. The van der Waals surface area contributed by atoms with Crippen molar-refractivity contribution in [2.24, 2.45) is 0 Å². The van der Waals surface area contributed by atoms with Crippen molar-refractivity contribution in [1.82, 2.24) is 5.32 Å². The molecule has 1 unspecified atom stereocenters. The van der Waals surface area contributed by atoms with Gasteiger partial charge in [0.25, 0.3) is 0 Å². The number of hydrogen-bond donors (Lipinski definition) is 1. The van der Waals surface area contributed by atoms with Gasteiger partial charge in [-0.15, -0.1) is 11.3 Å². The average molecular weight is 280 g/mol. The molecule has 0 spiro atoms. The summed E-state index contributed by atoms with van der Waals surface area (Å²) in [6.45, 7) is 7.35. The molecule has 1 N–H and O–H groups in total. The molecule has 0 fully saturated rings. The van der Waals surface area contributed by atoms with Crippen molar-refractivity contribution in [1.29, 1.82) is 0 Å². The highest BCUT2D eigenvalue weighted by Crippen LogP contribution is 2.31. The molecule has 1 nitrogen and oxygen atoms in total. The Kier molecular flexibility index (Phi) is 4.44. The van der Waals surface area contributed by atoms with Gasteiger partial charge in [-0.05, 0) is 38.1 Å². The molecule has 1 aromatic heterocycles. The van der Waals surface area contributed by atoms with Crippen LogP contribution < -0.4 is 5.32 Å². The highest BCUT2D eigenvalue weighted by molar-refractivity contribution is 7.16. The first-order valence-corrected chi connectivity index (χ1v) is 7.36. The van der Waals surface area contributed by atoms with E-state index in [-0.39, 0.29) is 6.04 Å². The summed E-state index contributed by atoms with van der Waals surface area (Å²) in [7, 11) is 0. The van der Waals surface area contributed by atoms with Crippen LogP contribution >= 0.6 is 22.9 Å². The van der Waals surface area contributed by atoms with Crippen LogP contribution in [0.25, 0.3) is 0 Å². The minimum absolute atomic E-state index is 0.242. The quantitative estimate of drug-likeness (QED) is 0.854. The number of hydrogen-bond acceptors (Lipinski definition) is 2. The predicted octanol–water partition coefficient (Wildman–Crippen LogP) is 4.72. The van der Waals surface area contributed by atoms with E-state index in [0.29, 0.717) is 0 Å². The Bertz CT molecular complexity index is 513. The minimum Gasteiger partial charge on any atom is -0.306 e. The summed E-state index contributed by atoms with van der Waals surface area (Å²) in [6, 6.07) is 11.0. The maximum absolute atomic E-state index is 6.05. The first-order chi connectivity index (χ1) is 8.60. The van der Waals surface area contributed by atoms with Crippen molar-refractivity contribution in [3.05, 3.63) is 56.2 Å². The van der Waals surface area contributed by atoms with E-state index >= 15 is 0 Å². The molecule has 0 saturated carbocycles. The molecule has 1 heterocycles. The lowest BCUT2D eigenvalue weighted by Gasteiger charge is -2.18. The Morgan fingerprint density at radius 3 is 2.33 bits per heavy atom. The standard InChI is InChI=1S/C15H18ClNS/c1-4-17-15(13-5-6-14(16)18-13)12-8-10(2)7-11(3)9-12/h5-9,15,17H,4H2,1-3H3. The number of aryl methyl sites for hydroxylation is 2. The van der Waals surface area contributed by atoms with Gasteiger partial charge in [-0.2, -0.15) is 0 Å². The van der Waals surface area contributed by atoms with E-state index in [1.165, 1.54) is 21.6 Å². The van der Waals surface area contributed by atoms with E-state index in [1.807, 2.05) is 6.07 Å². The van der Waals surface area contributed by atoms with Crippen LogP contribution in [0, 0.1) is 13.8 Å². The molecule has 0 aliphatic carbocycles. The van der Waals surface area contributed by atoms with Crippen LogP contribution in [0.3, 0.4) is 0 Å². The number of rotatable bonds is 4. The molecule has 2 aromatic rings. The second-order valence-electron chi connectivity index (χ2n) is 4.55. The summed E-state index contributed by atoms with van der Waals surface area (Å²) >= 11 is 7.69. The third kappa shape index (κ3) is 3.14. The third-order valence-corrected chi connectivity index (χ3v) is 4.16. The topological polar surface area (TPSA) is 12.0 Å². The van der Waals surface area contributed by atoms with Crippen LogP contribution in [0.1, 0.15) is 34.5 Å². The lowest BCUT2D eigenvalue weighted by molar-refractivity contribution is 0.639. The van der Waals surface area contributed by atoms with Gasteiger partial charge < -0.3 is 5.32 Å². The van der Waals surface area contributed by atoms with Gasteiger partial charge in [0.15, 0.2) is 0 Å². The Balaban J connectivity index is 2.40. The van der Waals surface area contributed by atoms with Crippen molar-refractivity contribution in [3.8, 4) is 0 Å². The smallest absolute Gasteiger partial charge is 0.0931 e. The molecule has 96 valence electrons. The maximum Gasteiger partial charge on any atom is 0.0931 e. The zero-order valence-corrected chi connectivity index (χ0v) is 12.5. The fourth-order valence-electron chi connectivity index (χ4n) is 2.25. The highest BCUT2D eigenvalue weighted by atomic mass is 35.5. The Morgan fingerprint density at radius 2 is 1.83 bits per heavy atom. The van der Waals surface area contributed by atoms with Gasteiger partial charge in [0.2, 0.25) is 0 Å². The first-order valence-electron chi connectivity index (χ1n) is 6.17. The normalized spacial score (nSPS) is 12.7. The zero-order chi connectivity index (χ0) is 13.1. The van der Waals surface area contributed by atoms with Crippen molar-refractivity contribution < 1.29 is 0 Å². The fourth-order valence-corrected chi connectivity index (χ4v) is 3.41. The largest absolute Gasteiger partial charge is 0.306 e. The molecular formula is C15H18ClNS. The van der Waals surface area contributed by atoms with Crippen molar-refractivity contribution in [2.45, 2.75) is 26.8 Å². The third-order valence-electron chi connectivity index (χ3n) is 2.86. The summed E-state index contributed by atoms with van der Waals surface area (Å²) in [4.78, 5) is 1.27. The molecule has 0 aliphatic heterocycles. The van der Waals surface area contributed by atoms with Gasteiger partial charge in [-0.25, -0.2) is 0 Å². The van der Waals surface area contributed by atoms with Crippen LogP contribution in [0.5, 0.6) is 0 Å². The van der Waals surface area contributed by atoms with E-state index in [2.05, 4.69) is 50.4 Å². The van der Waals surface area contributed by atoms with E-state index in [0.717, 1.165) is 10.9 Å². The van der Waals surface area contributed by atoms with Crippen LogP contribution in [-0.2, 0) is 0 Å². The SMILES string of the molecule is CCNC(c1cc(C)cc(C)c1)c1ccc(Cl)s1. The summed E-state index contributed by atoms with van der Waals surface area (Å²) < 4.78 is 0.845. The van der Waals surface area contributed by atoms with Crippen LogP contribution in [0.15, 0.2) is 30.3 Å². The monoisotopic (exact) mass is 279 g/mol. The van der Waals surface area contributed by atoms with Crippen LogP contribution in [0.4, 0.5) is 0 Å². The highest BCUT2D eigenvalue weighted by Gasteiger charge is 2.15. The second-order valence-corrected chi connectivity index (χ2v) is 6.30. The molecule has 0 radical (unpaired) electrons. The number of nitrogens with one attached hydrogen (secondary N) is 1. The van der Waals surface area contributed by atoms with Gasteiger partial charge in [0.1, 0.15) is 0 Å². The van der Waals surface area contributed by atoms with Crippen molar-refractivity contribution in [3.63, 3.8) is 0 Å². The molecule has 0 amide bonds. The summed E-state index contributed by atoms with van der Waals surface area (Å²) in [5.74, 6) is 0. The lowest BCUT2D eigenvalue weighted by Crippen LogP contribution is -2.21. The lowest BCUT2D eigenvalue weighted by atomic mass is 10.0. The van der Waals surface area contributed by atoms with Gasteiger partial charge in [-0.1, -0.05) is 47.9 Å². The van der Waals surface area contributed by atoms with E-state index in [9.17, 15) is 0 Å². The van der Waals surface area contributed by atoms with E-state index < -0.39 is 0 Å². The van der Waals surface area contributed by atoms with Crippen molar-refractivity contribution >= 4 is 22.9 Å². The Labute approximate surface area is 118 Å². The average Bonchev–Trinajstić information content (AvgIpc) is 2.71. The van der Waals surface area contributed by atoms with E-state index in [4.69, 9.17) is 11.6 Å². The van der Waals surface area contributed by atoms with Gasteiger partial charge in [0.05, 0.1) is 10.4 Å². The summed E-state index contributed by atoms with van der Waals surface area (Å²) in [5.41, 5.74) is 3.92. The summed E-state index contributed by atoms with van der Waals surface area (Å²) in [5, 5.41) is 3.53. The number of thiophene rings is 1.